The summed E-state index contributed by atoms with van der Waals surface area (Å²) in [6, 6.07) is 10.0. The van der Waals surface area contributed by atoms with E-state index in [0.717, 1.165) is 12.2 Å². The third-order valence-corrected chi connectivity index (χ3v) is 5.09. The summed E-state index contributed by atoms with van der Waals surface area (Å²) in [6.07, 6.45) is 1.21. The van der Waals surface area contributed by atoms with E-state index in [9.17, 15) is 9.59 Å². The first kappa shape index (κ1) is 17.6. The fourth-order valence-electron chi connectivity index (χ4n) is 1.92. The summed E-state index contributed by atoms with van der Waals surface area (Å²) in [5, 5.41) is 5.09. The van der Waals surface area contributed by atoms with Crippen LogP contribution < -0.4 is 5.32 Å². The number of nitrogens with one attached hydrogen (secondary N) is 1. The van der Waals surface area contributed by atoms with E-state index in [1.165, 1.54) is 28.9 Å². The number of amides is 1. The highest BCUT2D eigenvalue weighted by molar-refractivity contribution is 7.99. The van der Waals surface area contributed by atoms with Gasteiger partial charge in [0.2, 0.25) is 5.91 Å². The van der Waals surface area contributed by atoms with E-state index in [1.807, 2.05) is 0 Å². The van der Waals surface area contributed by atoms with Gasteiger partial charge >= 0.3 is 5.97 Å². The summed E-state index contributed by atoms with van der Waals surface area (Å²) >= 11 is 3.06. The summed E-state index contributed by atoms with van der Waals surface area (Å²) in [6.45, 7) is 2.06. The van der Waals surface area contributed by atoms with Crippen LogP contribution in [-0.2, 0) is 9.53 Å². The minimum absolute atomic E-state index is 0.0814. The monoisotopic (exact) mass is 349 g/mol. The van der Waals surface area contributed by atoms with Gasteiger partial charge in [-0.2, -0.15) is 0 Å². The van der Waals surface area contributed by atoms with Gasteiger partial charge in [0.15, 0.2) is 0 Å². The highest BCUT2D eigenvalue weighted by Gasteiger charge is 2.15. The summed E-state index contributed by atoms with van der Waals surface area (Å²) in [5.41, 5.74) is 1.64. The lowest BCUT2D eigenvalue weighted by molar-refractivity contribution is -0.116. The van der Waals surface area contributed by atoms with Crippen molar-refractivity contribution in [3.8, 4) is 0 Å². The van der Waals surface area contributed by atoms with E-state index in [4.69, 9.17) is 0 Å². The molecule has 0 saturated carbocycles. The first-order valence-electron chi connectivity index (χ1n) is 7.25. The van der Waals surface area contributed by atoms with Crippen molar-refractivity contribution in [3.05, 3.63) is 46.8 Å². The third kappa shape index (κ3) is 5.41. The molecule has 0 spiro atoms. The molecule has 0 radical (unpaired) electrons. The van der Waals surface area contributed by atoms with Crippen LogP contribution in [0, 0.1) is 6.92 Å². The Labute approximate surface area is 144 Å². The fourth-order valence-corrected chi connectivity index (χ4v) is 3.57. The minimum atomic E-state index is -0.434. The Bertz CT molecular complexity index is 665. The zero-order valence-electron chi connectivity index (χ0n) is 13.1. The molecule has 0 bridgehead atoms. The number of ether oxygens (including phenoxy) is 1. The molecule has 122 valence electrons. The number of carbonyl (C=O) groups is 2. The standard InChI is InChI=1S/C17H19NO3S2/c1-12-5-7-13(8-6-12)22-10-3-4-15(19)18-16-14(9-11-23-16)17(20)21-2/h5-9,11H,3-4,10H2,1-2H3,(H,18,19). The maximum atomic E-state index is 12.0. The number of hydrogen-bond donors (Lipinski definition) is 1. The summed E-state index contributed by atoms with van der Waals surface area (Å²) < 4.78 is 4.69. The molecule has 0 aliphatic rings. The Hall–Kier alpha value is -1.79. The molecule has 2 rings (SSSR count). The Balaban J connectivity index is 1.74. The Morgan fingerprint density at radius 1 is 1.22 bits per heavy atom. The van der Waals surface area contributed by atoms with Crippen LogP contribution in [0.2, 0.25) is 0 Å². The molecule has 0 aliphatic heterocycles. The molecule has 1 aromatic carbocycles. The molecule has 2 aromatic rings. The number of hydrogen-bond acceptors (Lipinski definition) is 5. The maximum absolute atomic E-state index is 12.0. The predicted molar refractivity (Wildman–Crippen MR) is 95.4 cm³/mol. The normalized spacial score (nSPS) is 10.3. The molecule has 0 aliphatic carbocycles. The topological polar surface area (TPSA) is 55.4 Å². The number of thiophene rings is 1. The first-order chi connectivity index (χ1) is 11.1. The average Bonchev–Trinajstić information content (AvgIpc) is 3.00. The molecule has 0 saturated heterocycles. The van der Waals surface area contributed by atoms with Crippen molar-refractivity contribution in [2.45, 2.75) is 24.7 Å². The molecule has 0 unspecified atom stereocenters. The SMILES string of the molecule is COC(=O)c1ccsc1NC(=O)CCCSc1ccc(C)cc1. The number of aryl methyl sites for hydroxylation is 1. The van der Waals surface area contributed by atoms with Crippen LogP contribution in [0.3, 0.4) is 0 Å². The second-order valence-corrected chi connectivity index (χ2v) is 7.05. The van der Waals surface area contributed by atoms with Gasteiger partial charge in [-0.3, -0.25) is 4.79 Å². The van der Waals surface area contributed by atoms with E-state index in [2.05, 4.69) is 41.2 Å². The van der Waals surface area contributed by atoms with Crippen LogP contribution in [0.5, 0.6) is 0 Å². The lowest BCUT2D eigenvalue weighted by atomic mass is 10.2. The van der Waals surface area contributed by atoms with E-state index in [1.54, 1.807) is 23.2 Å². The van der Waals surface area contributed by atoms with E-state index < -0.39 is 5.97 Å². The first-order valence-corrected chi connectivity index (χ1v) is 9.12. The van der Waals surface area contributed by atoms with Gasteiger partial charge in [0.05, 0.1) is 12.7 Å². The molecule has 0 atom stereocenters. The fraction of sp³-hybridized carbons (Fsp3) is 0.294. The van der Waals surface area contributed by atoms with Crippen molar-refractivity contribution in [1.29, 1.82) is 0 Å². The third-order valence-electron chi connectivity index (χ3n) is 3.16. The Morgan fingerprint density at radius 2 is 1.96 bits per heavy atom. The number of anilines is 1. The van der Waals surface area contributed by atoms with E-state index in [0.29, 0.717) is 17.0 Å². The van der Waals surface area contributed by atoms with Crippen molar-refractivity contribution in [1.82, 2.24) is 0 Å². The highest BCUT2D eigenvalue weighted by Crippen LogP contribution is 2.24. The lowest BCUT2D eigenvalue weighted by Crippen LogP contribution is -2.13. The van der Waals surface area contributed by atoms with Crippen LogP contribution in [0.4, 0.5) is 5.00 Å². The minimum Gasteiger partial charge on any atom is -0.465 e. The maximum Gasteiger partial charge on any atom is 0.340 e. The molecular weight excluding hydrogens is 330 g/mol. The van der Waals surface area contributed by atoms with Crippen LogP contribution in [0.1, 0.15) is 28.8 Å². The number of methoxy groups -OCH3 is 1. The number of benzene rings is 1. The van der Waals surface area contributed by atoms with Crippen molar-refractivity contribution in [2.75, 3.05) is 18.2 Å². The Kier molecular flexibility index (Phi) is 6.67. The molecule has 1 N–H and O–H groups in total. The quantitative estimate of drug-likeness (QED) is 0.458. The Morgan fingerprint density at radius 3 is 2.65 bits per heavy atom. The van der Waals surface area contributed by atoms with Gasteiger partial charge < -0.3 is 10.1 Å². The van der Waals surface area contributed by atoms with Crippen LogP contribution in [0.15, 0.2) is 40.6 Å². The molecule has 1 aromatic heterocycles. The van der Waals surface area contributed by atoms with Crippen molar-refractivity contribution >= 4 is 40.0 Å². The molecule has 23 heavy (non-hydrogen) atoms. The predicted octanol–water partition coefficient (Wildman–Crippen LogP) is 4.35. The van der Waals surface area contributed by atoms with Gasteiger partial charge in [0, 0.05) is 11.3 Å². The number of esters is 1. The molecular formula is C17H19NO3S2. The van der Waals surface area contributed by atoms with Gasteiger partial charge in [-0.25, -0.2) is 4.79 Å². The molecule has 4 nitrogen and oxygen atoms in total. The average molecular weight is 349 g/mol. The van der Waals surface area contributed by atoms with E-state index >= 15 is 0 Å². The van der Waals surface area contributed by atoms with Gasteiger partial charge in [-0.1, -0.05) is 17.7 Å². The summed E-state index contributed by atoms with van der Waals surface area (Å²) in [4.78, 5) is 24.7. The lowest BCUT2D eigenvalue weighted by Gasteiger charge is -2.05. The van der Waals surface area contributed by atoms with Crippen LogP contribution in [-0.4, -0.2) is 24.7 Å². The smallest absolute Gasteiger partial charge is 0.340 e. The van der Waals surface area contributed by atoms with Gasteiger partial charge in [-0.05, 0) is 42.7 Å². The van der Waals surface area contributed by atoms with Crippen LogP contribution >= 0.6 is 23.1 Å². The summed E-state index contributed by atoms with van der Waals surface area (Å²) in [7, 11) is 1.33. The van der Waals surface area contributed by atoms with Crippen molar-refractivity contribution in [2.24, 2.45) is 0 Å². The second kappa shape index (κ2) is 8.74. The van der Waals surface area contributed by atoms with Gasteiger partial charge in [0.25, 0.3) is 0 Å². The van der Waals surface area contributed by atoms with Crippen LogP contribution in [0.25, 0.3) is 0 Å². The van der Waals surface area contributed by atoms with Crippen molar-refractivity contribution < 1.29 is 14.3 Å². The zero-order valence-corrected chi connectivity index (χ0v) is 14.8. The molecule has 6 heteroatoms. The highest BCUT2D eigenvalue weighted by atomic mass is 32.2. The number of rotatable bonds is 7. The van der Waals surface area contributed by atoms with E-state index in [-0.39, 0.29) is 5.91 Å². The molecule has 0 fully saturated rings. The second-order valence-electron chi connectivity index (χ2n) is 4.97. The van der Waals surface area contributed by atoms with Gasteiger partial charge in [-0.15, -0.1) is 23.1 Å². The van der Waals surface area contributed by atoms with Crippen molar-refractivity contribution in [3.63, 3.8) is 0 Å². The number of thioether (sulfide) groups is 1. The van der Waals surface area contributed by atoms with Gasteiger partial charge in [0.1, 0.15) is 5.00 Å². The molecule has 1 amide bonds. The zero-order chi connectivity index (χ0) is 16.7. The number of carbonyl (C=O) groups excluding carboxylic acids is 2. The molecule has 1 heterocycles. The largest absolute Gasteiger partial charge is 0.465 e. The summed E-state index contributed by atoms with van der Waals surface area (Å²) in [5.74, 6) is 0.365.